The Labute approximate surface area is 85.1 Å². The SMILES string of the molecule is C[C@H](O)CC1=CCCc2ccccc21. The number of rotatable bonds is 2. The second-order valence-corrected chi connectivity index (χ2v) is 3.98. The second-order valence-electron chi connectivity index (χ2n) is 3.98. The smallest absolute Gasteiger partial charge is 0.0552 e. The van der Waals surface area contributed by atoms with Crippen molar-refractivity contribution in [1.29, 1.82) is 0 Å². The van der Waals surface area contributed by atoms with Crippen molar-refractivity contribution < 1.29 is 5.11 Å². The van der Waals surface area contributed by atoms with Gasteiger partial charge in [0.15, 0.2) is 0 Å². The highest BCUT2D eigenvalue weighted by atomic mass is 16.3. The first-order chi connectivity index (χ1) is 6.77. The van der Waals surface area contributed by atoms with Crippen LogP contribution in [0.15, 0.2) is 30.3 Å². The Hall–Kier alpha value is -1.08. The average Bonchev–Trinajstić information content (AvgIpc) is 2.18. The molecule has 14 heavy (non-hydrogen) atoms. The van der Waals surface area contributed by atoms with E-state index in [1.165, 1.54) is 16.7 Å². The minimum Gasteiger partial charge on any atom is -0.393 e. The van der Waals surface area contributed by atoms with E-state index in [9.17, 15) is 5.11 Å². The normalized spacial score (nSPS) is 17.1. The van der Waals surface area contributed by atoms with Crippen LogP contribution >= 0.6 is 0 Å². The monoisotopic (exact) mass is 188 g/mol. The highest BCUT2D eigenvalue weighted by Crippen LogP contribution is 2.29. The third-order valence-electron chi connectivity index (χ3n) is 2.68. The van der Waals surface area contributed by atoms with Gasteiger partial charge in [0.25, 0.3) is 0 Å². The van der Waals surface area contributed by atoms with Crippen molar-refractivity contribution in [3.05, 3.63) is 41.5 Å². The predicted octanol–water partition coefficient (Wildman–Crippen LogP) is 2.79. The van der Waals surface area contributed by atoms with Crippen LogP contribution in [0.3, 0.4) is 0 Å². The van der Waals surface area contributed by atoms with Crippen molar-refractivity contribution in [3.63, 3.8) is 0 Å². The fourth-order valence-corrected chi connectivity index (χ4v) is 2.07. The molecule has 0 fully saturated rings. The van der Waals surface area contributed by atoms with Crippen LogP contribution in [0.4, 0.5) is 0 Å². The maximum Gasteiger partial charge on any atom is 0.0552 e. The topological polar surface area (TPSA) is 20.2 Å². The van der Waals surface area contributed by atoms with Gasteiger partial charge in [0.2, 0.25) is 0 Å². The van der Waals surface area contributed by atoms with E-state index in [0.29, 0.717) is 0 Å². The Kier molecular flexibility index (Phi) is 2.69. The molecule has 1 heteroatoms. The molecule has 1 aliphatic rings. The van der Waals surface area contributed by atoms with Crippen molar-refractivity contribution in [1.82, 2.24) is 0 Å². The van der Waals surface area contributed by atoms with Gasteiger partial charge in [0.1, 0.15) is 0 Å². The molecule has 1 aliphatic carbocycles. The summed E-state index contributed by atoms with van der Waals surface area (Å²) in [5.74, 6) is 0. The average molecular weight is 188 g/mol. The maximum absolute atomic E-state index is 9.39. The highest BCUT2D eigenvalue weighted by molar-refractivity contribution is 5.70. The molecular formula is C13H16O. The van der Waals surface area contributed by atoms with E-state index in [1.807, 2.05) is 6.92 Å². The number of aliphatic hydroxyl groups excluding tert-OH is 1. The Morgan fingerprint density at radius 2 is 2.14 bits per heavy atom. The Morgan fingerprint density at radius 3 is 2.93 bits per heavy atom. The van der Waals surface area contributed by atoms with Crippen molar-refractivity contribution in [2.75, 3.05) is 0 Å². The first-order valence-corrected chi connectivity index (χ1v) is 5.23. The van der Waals surface area contributed by atoms with Gasteiger partial charge < -0.3 is 5.11 Å². The lowest BCUT2D eigenvalue weighted by atomic mass is 9.88. The minimum atomic E-state index is -0.243. The number of aryl methyl sites for hydroxylation is 1. The van der Waals surface area contributed by atoms with Crippen LogP contribution < -0.4 is 0 Å². The van der Waals surface area contributed by atoms with E-state index in [1.54, 1.807) is 0 Å². The van der Waals surface area contributed by atoms with E-state index < -0.39 is 0 Å². The molecule has 0 amide bonds. The zero-order valence-corrected chi connectivity index (χ0v) is 8.53. The van der Waals surface area contributed by atoms with Gasteiger partial charge in [-0.1, -0.05) is 30.3 Å². The van der Waals surface area contributed by atoms with Crippen molar-refractivity contribution >= 4 is 5.57 Å². The summed E-state index contributed by atoms with van der Waals surface area (Å²) in [5, 5.41) is 9.39. The molecule has 74 valence electrons. The summed E-state index contributed by atoms with van der Waals surface area (Å²) < 4.78 is 0. The van der Waals surface area contributed by atoms with Crippen LogP contribution in [0.25, 0.3) is 5.57 Å². The van der Waals surface area contributed by atoms with E-state index >= 15 is 0 Å². The van der Waals surface area contributed by atoms with Crippen molar-refractivity contribution in [2.45, 2.75) is 32.3 Å². The first kappa shape index (κ1) is 9.47. The standard InChI is InChI=1S/C13H16O/c1-10(14)9-12-7-4-6-11-5-2-3-8-13(11)12/h2-3,5,7-8,10,14H,4,6,9H2,1H3/t10-/m0/s1. The number of benzene rings is 1. The summed E-state index contributed by atoms with van der Waals surface area (Å²) in [4.78, 5) is 0. The molecule has 0 heterocycles. The first-order valence-electron chi connectivity index (χ1n) is 5.23. The zero-order chi connectivity index (χ0) is 9.97. The van der Waals surface area contributed by atoms with E-state index in [4.69, 9.17) is 0 Å². The molecule has 1 aromatic carbocycles. The van der Waals surface area contributed by atoms with Crippen LogP contribution in [0.2, 0.25) is 0 Å². The molecule has 2 rings (SSSR count). The van der Waals surface area contributed by atoms with E-state index in [-0.39, 0.29) is 6.10 Å². The molecule has 1 atom stereocenters. The molecule has 0 aromatic heterocycles. The van der Waals surface area contributed by atoms with Crippen LogP contribution in [0, 0.1) is 0 Å². The lowest BCUT2D eigenvalue weighted by Gasteiger charge is -2.18. The molecule has 1 N–H and O–H groups in total. The van der Waals surface area contributed by atoms with E-state index in [2.05, 4.69) is 30.3 Å². The van der Waals surface area contributed by atoms with Crippen molar-refractivity contribution in [2.24, 2.45) is 0 Å². The number of allylic oxidation sites excluding steroid dienone is 1. The zero-order valence-electron chi connectivity index (χ0n) is 8.53. The van der Waals surface area contributed by atoms with E-state index in [0.717, 1.165) is 19.3 Å². The van der Waals surface area contributed by atoms with Crippen LogP contribution in [0.5, 0.6) is 0 Å². The number of hydrogen-bond acceptors (Lipinski definition) is 1. The molecule has 0 aliphatic heterocycles. The Morgan fingerprint density at radius 1 is 1.36 bits per heavy atom. The largest absolute Gasteiger partial charge is 0.393 e. The molecule has 0 unspecified atom stereocenters. The highest BCUT2D eigenvalue weighted by Gasteiger charge is 2.12. The summed E-state index contributed by atoms with van der Waals surface area (Å²) >= 11 is 0. The van der Waals surface area contributed by atoms with Crippen LogP contribution in [-0.4, -0.2) is 11.2 Å². The number of hydrogen-bond donors (Lipinski definition) is 1. The van der Waals surface area contributed by atoms with Gasteiger partial charge in [-0.15, -0.1) is 0 Å². The summed E-state index contributed by atoms with van der Waals surface area (Å²) in [7, 11) is 0. The maximum atomic E-state index is 9.39. The van der Waals surface area contributed by atoms with Crippen molar-refractivity contribution in [3.8, 4) is 0 Å². The third kappa shape index (κ3) is 1.88. The summed E-state index contributed by atoms with van der Waals surface area (Å²) in [5.41, 5.74) is 4.06. The lowest BCUT2D eigenvalue weighted by molar-refractivity contribution is 0.201. The van der Waals surface area contributed by atoms with Gasteiger partial charge in [0.05, 0.1) is 6.10 Å². The lowest BCUT2D eigenvalue weighted by Crippen LogP contribution is -2.05. The van der Waals surface area contributed by atoms with Gasteiger partial charge in [-0.3, -0.25) is 0 Å². The van der Waals surface area contributed by atoms with Crippen LogP contribution in [-0.2, 0) is 6.42 Å². The predicted molar refractivity (Wildman–Crippen MR) is 59.0 cm³/mol. The molecule has 1 aromatic rings. The number of fused-ring (bicyclic) bond motifs is 1. The summed E-state index contributed by atoms with van der Waals surface area (Å²) in [6, 6.07) is 8.50. The van der Waals surface area contributed by atoms with Gasteiger partial charge in [-0.2, -0.15) is 0 Å². The van der Waals surface area contributed by atoms with Crippen LogP contribution in [0.1, 0.15) is 30.9 Å². The molecule has 0 bridgehead atoms. The second kappa shape index (κ2) is 3.97. The molecule has 1 nitrogen and oxygen atoms in total. The Balaban J connectivity index is 2.31. The third-order valence-corrected chi connectivity index (χ3v) is 2.68. The fourth-order valence-electron chi connectivity index (χ4n) is 2.07. The summed E-state index contributed by atoms with van der Waals surface area (Å²) in [6.07, 6.45) is 5.04. The fraction of sp³-hybridized carbons (Fsp3) is 0.385. The van der Waals surface area contributed by atoms with Gasteiger partial charge >= 0.3 is 0 Å². The molecular weight excluding hydrogens is 172 g/mol. The molecule has 0 saturated heterocycles. The Bertz CT molecular complexity index is 350. The quantitative estimate of drug-likeness (QED) is 0.756. The summed E-state index contributed by atoms with van der Waals surface area (Å²) in [6.45, 7) is 1.85. The molecule has 0 saturated carbocycles. The number of aliphatic hydroxyl groups is 1. The minimum absolute atomic E-state index is 0.243. The van der Waals surface area contributed by atoms with Gasteiger partial charge in [0, 0.05) is 0 Å². The van der Waals surface area contributed by atoms with Gasteiger partial charge in [-0.05, 0) is 42.9 Å². The van der Waals surface area contributed by atoms with Gasteiger partial charge in [-0.25, -0.2) is 0 Å². The molecule has 0 spiro atoms. The molecule has 0 radical (unpaired) electrons.